The predicted octanol–water partition coefficient (Wildman–Crippen LogP) is 14.5. The summed E-state index contributed by atoms with van der Waals surface area (Å²) in [6.45, 7) is 0. The highest BCUT2D eigenvalue weighted by atomic mass is 15.0. The third kappa shape index (κ3) is 4.53. The zero-order chi connectivity index (χ0) is 43.1. The maximum absolute atomic E-state index is 5.61. The number of hydrogen-bond donors (Lipinski definition) is 0. The molecule has 0 saturated carbocycles. The van der Waals surface area contributed by atoms with E-state index in [1.54, 1.807) is 0 Å². The van der Waals surface area contributed by atoms with Crippen LogP contribution in [0.15, 0.2) is 213 Å². The Balaban J connectivity index is 1.11. The van der Waals surface area contributed by atoms with Crippen molar-refractivity contribution in [2.45, 2.75) is 5.41 Å². The molecule has 1 spiro atoms. The summed E-state index contributed by atoms with van der Waals surface area (Å²) >= 11 is 0. The molecular weight excluding hydrogens is 803 g/mol. The molecular formula is C61H35N5. The van der Waals surface area contributed by atoms with Crippen molar-refractivity contribution in [2.75, 3.05) is 0 Å². The van der Waals surface area contributed by atoms with Gasteiger partial charge in [-0.25, -0.2) is 9.97 Å². The van der Waals surface area contributed by atoms with Gasteiger partial charge in [0.25, 0.3) is 0 Å². The largest absolute Gasteiger partial charge is 0.309 e. The summed E-state index contributed by atoms with van der Waals surface area (Å²) in [5, 5.41) is 4.98. The molecule has 15 rings (SSSR count). The fourth-order valence-electron chi connectivity index (χ4n) is 12.1. The molecule has 1 unspecified atom stereocenters. The van der Waals surface area contributed by atoms with Crippen molar-refractivity contribution in [3.05, 3.63) is 235 Å². The molecule has 3 aliphatic rings. The Bertz CT molecular complexity index is 3940. The Kier molecular flexibility index (Phi) is 7.09. The molecule has 4 aromatic heterocycles. The number of hydrogen-bond acceptors (Lipinski definition) is 4. The smallest absolute Gasteiger partial charge is 0.161 e. The van der Waals surface area contributed by atoms with Crippen LogP contribution < -0.4 is 0 Å². The fraction of sp³-hybridized carbons (Fsp3) is 0.0164. The standard InChI is InChI=1S/C61H35N5/c1-5-20-46-42(16-1)57-48(22-11-25-54(57)66-52-23-7-3-14-39(52)40-15-4-8-24-53(40)66)61(46)47-21-6-2-17-43(47)58-49(61)34-45-41-18-9-12-38-13-10-19-44(55(38)41)56(45)59(58)60-64-50(36-26-30-62-31-27-36)35-51(65-60)37-28-32-63-33-29-37/h1-35H. The van der Waals surface area contributed by atoms with Gasteiger partial charge in [-0.15, -0.1) is 0 Å². The number of pyridine rings is 2. The minimum absolute atomic E-state index is 0.657. The molecule has 0 N–H and O–H groups in total. The van der Waals surface area contributed by atoms with Crippen LogP contribution in [0.1, 0.15) is 22.3 Å². The Morgan fingerprint density at radius 1 is 0.364 bits per heavy atom. The van der Waals surface area contributed by atoms with E-state index in [0.29, 0.717) is 5.82 Å². The van der Waals surface area contributed by atoms with Gasteiger partial charge in [-0.1, -0.05) is 133 Å². The van der Waals surface area contributed by atoms with Crippen molar-refractivity contribution in [1.29, 1.82) is 0 Å². The van der Waals surface area contributed by atoms with E-state index in [9.17, 15) is 0 Å². The predicted molar refractivity (Wildman–Crippen MR) is 267 cm³/mol. The number of para-hydroxylation sites is 2. The molecule has 8 aromatic carbocycles. The van der Waals surface area contributed by atoms with E-state index in [1.807, 2.05) is 49.1 Å². The molecule has 0 fully saturated rings. The van der Waals surface area contributed by atoms with Crippen LogP contribution >= 0.6 is 0 Å². The first-order chi connectivity index (χ1) is 32.8. The summed E-state index contributed by atoms with van der Waals surface area (Å²) in [7, 11) is 0. The maximum Gasteiger partial charge on any atom is 0.161 e. The number of benzene rings is 8. The monoisotopic (exact) mass is 837 g/mol. The molecule has 0 aliphatic heterocycles. The van der Waals surface area contributed by atoms with Crippen LogP contribution in [0, 0.1) is 0 Å². The third-order valence-electron chi connectivity index (χ3n) is 14.6. The lowest BCUT2D eigenvalue weighted by Crippen LogP contribution is -2.26. The number of rotatable bonds is 4. The van der Waals surface area contributed by atoms with E-state index in [2.05, 4.69) is 178 Å². The SMILES string of the molecule is c1ccc2c(c1)-c1c(-n3c4ccccc4c4ccccc43)cccc1C21c2ccccc2-c2c1cc1c(c2-c2nc(-c3ccncc3)cc(-c3ccncc3)n2)-c2cccc3cccc-1c23. The van der Waals surface area contributed by atoms with Crippen LogP contribution in [0.3, 0.4) is 0 Å². The molecule has 1 atom stereocenters. The highest BCUT2D eigenvalue weighted by molar-refractivity contribution is 6.21. The molecule has 66 heavy (non-hydrogen) atoms. The van der Waals surface area contributed by atoms with Crippen LogP contribution in [0.2, 0.25) is 0 Å². The van der Waals surface area contributed by atoms with Crippen LogP contribution in [-0.4, -0.2) is 24.5 Å². The summed E-state index contributed by atoms with van der Waals surface area (Å²) in [6.07, 6.45) is 7.34. The highest BCUT2D eigenvalue weighted by Gasteiger charge is 2.54. The number of aromatic nitrogens is 5. The Labute approximate surface area is 380 Å². The van der Waals surface area contributed by atoms with Gasteiger partial charge in [0, 0.05) is 63.4 Å². The van der Waals surface area contributed by atoms with Crippen LogP contribution in [0.5, 0.6) is 0 Å². The van der Waals surface area contributed by atoms with Crippen molar-refractivity contribution < 1.29 is 0 Å². The Morgan fingerprint density at radius 2 is 0.894 bits per heavy atom. The molecule has 0 bridgehead atoms. The average Bonchev–Trinajstić information content (AvgIpc) is 4.09. The second-order valence-electron chi connectivity index (χ2n) is 17.7. The van der Waals surface area contributed by atoms with Gasteiger partial charge in [0.05, 0.1) is 33.5 Å². The van der Waals surface area contributed by atoms with Gasteiger partial charge in [-0.3, -0.25) is 9.97 Å². The van der Waals surface area contributed by atoms with Gasteiger partial charge in [0.15, 0.2) is 5.82 Å². The van der Waals surface area contributed by atoms with Gasteiger partial charge >= 0.3 is 0 Å². The van der Waals surface area contributed by atoms with Crippen LogP contribution in [0.25, 0.3) is 117 Å². The second-order valence-corrected chi connectivity index (χ2v) is 17.7. The van der Waals surface area contributed by atoms with Gasteiger partial charge in [-0.2, -0.15) is 0 Å². The van der Waals surface area contributed by atoms with E-state index in [4.69, 9.17) is 9.97 Å². The molecule has 3 aliphatic carbocycles. The number of nitrogens with zero attached hydrogens (tertiary/aromatic N) is 5. The summed E-state index contributed by atoms with van der Waals surface area (Å²) < 4.78 is 2.49. The molecule has 4 heterocycles. The average molecular weight is 838 g/mol. The molecule has 5 heteroatoms. The van der Waals surface area contributed by atoms with Gasteiger partial charge in [-0.05, 0) is 121 Å². The minimum Gasteiger partial charge on any atom is -0.309 e. The van der Waals surface area contributed by atoms with Crippen molar-refractivity contribution in [3.63, 3.8) is 0 Å². The van der Waals surface area contributed by atoms with Gasteiger partial charge in [0.1, 0.15) is 0 Å². The van der Waals surface area contributed by atoms with Crippen molar-refractivity contribution in [3.8, 4) is 84.1 Å². The first-order valence-electron chi connectivity index (χ1n) is 22.5. The van der Waals surface area contributed by atoms with E-state index in [1.165, 1.54) is 105 Å². The van der Waals surface area contributed by atoms with Crippen molar-refractivity contribution in [1.82, 2.24) is 24.5 Å². The van der Waals surface area contributed by atoms with Crippen molar-refractivity contribution in [2.24, 2.45) is 0 Å². The van der Waals surface area contributed by atoms with E-state index < -0.39 is 5.41 Å². The molecule has 0 saturated heterocycles. The van der Waals surface area contributed by atoms with E-state index >= 15 is 0 Å². The second kappa shape index (κ2) is 13.1. The maximum atomic E-state index is 5.61. The lowest BCUT2D eigenvalue weighted by Gasteiger charge is -2.31. The zero-order valence-electron chi connectivity index (χ0n) is 35.4. The quantitative estimate of drug-likeness (QED) is 0.177. The van der Waals surface area contributed by atoms with Crippen molar-refractivity contribution >= 4 is 32.6 Å². The molecule has 0 radical (unpaired) electrons. The first kappa shape index (κ1) is 35.6. The Hall–Kier alpha value is -8.80. The summed E-state index contributed by atoms with van der Waals surface area (Å²) in [4.78, 5) is 20.0. The summed E-state index contributed by atoms with van der Waals surface area (Å²) in [5.41, 5.74) is 22.3. The van der Waals surface area contributed by atoms with E-state index in [0.717, 1.165) is 28.1 Å². The normalized spacial score (nSPS) is 14.7. The van der Waals surface area contributed by atoms with E-state index in [-0.39, 0.29) is 0 Å². The van der Waals surface area contributed by atoms with Crippen LogP contribution in [0.4, 0.5) is 0 Å². The minimum atomic E-state index is -0.657. The fourth-order valence-corrected chi connectivity index (χ4v) is 12.1. The lowest BCUT2D eigenvalue weighted by atomic mass is 9.69. The topological polar surface area (TPSA) is 56.5 Å². The molecule has 0 amide bonds. The molecule has 304 valence electrons. The summed E-state index contributed by atoms with van der Waals surface area (Å²) in [6, 6.07) is 69.1. The molecule has 12 aromatic rings. The van der Waals surface area contributed by atoms with Crippen LogP contribution in [-0.2, 0) is 5.41 Å². The lowest BCUT2D eigenvalue weighted by molar-refractivity contribution is 0.793. The third-order valence-corrected chi connectivity index (χ3v) is 14.6. The zero-order valence-corrected chi connectivity index (χ0v) is 35.4. The first-order valence-corrected chi connectivity index (χ1v) is 22.5. The number of fused-ring (bicyclic) bond motifs is 16. The molecule has 5 nitrogen and oxygen atoms in total. The van der Waals surface area contributed by atoms with Gasteiger partial charge < -0.3 is 4.57 Å². The Morgan fingerprint density at radius 3 is 1.55 bits per heavy atom. The van der Waals surface area contributed by atoms with Gasteiger partial charge in [0.2, 0.25) is 0 Å². The summed E-state index contributed by atoms with van der Waals surface area (Å²) in [5.74, 6) is 0.687. The highest BCUT2D eigenvalue weighted by Crippen LogP contribution is 2.67.